The Morgan fingerprint density at radius 3 is 2.91 bits per heavy atom. The van der Waals surface area contributed by atoms with Crippen LogP contribution in [0.15, 0.2) is 23.0 Å². The van der Waals surface area contributed by atoms with Gasteiger partial charge in [0.15, 0.2) is 0 Å². The standard InChI is InChI=1S/C17H21N3O3/c1-19-15-5-9-23-11-14(15)16(18-19)12-2-6-20(7-3-12)17(21)13-4-8-22-10-13/h4,8,10,12H,2-3,5-7,9,11H2,1H3. The van der Waals surface area contributed by atoms with Crippen LogP contribution in [0.3, 0.4) is 0 Å². The molecule has 0 spiro atoms. The fourth-order valence-electron chi connectivity index (χ4n) is 3.69. The van der Waals surface area contributed by atoms with Gasteiger partial charge in [0.05, 0.1) is 30.7 Å². The molecule has 2 aromatic rings. The molecular formula is C17H21N3O3. The maximum absolute atomic E-state index is 12.4. The number of amides is 1. The lowest BCUT2D eigenvalue weighted by Crippen LogP contribution is -2.38. The van der Waals surface area contributed by atoms with Gasteiger partial charge >= 0.3 is 0 Å². The van der Waals surface area contributed by atoms with Gasteiger partial charge in [0.2, 0.25) is 0 Å². The summed E-state index contributed by atoms with van der Waals surface area (Å²) < 4.78 is 12.6. The fourth-order valence-corrected chi connectivity index (χ4v) is 3.69. The van der Waals surface area contributed by atoms with Crippen molar-refractivity contribution in [3.63, 3.8) is 0 Å². The number of hydrogen-bond donors (Lipinski definition) is 0. The Bertz CT molecular complexity index is 697. The second-order valence-electron chi connectivity index (χ2n) is 6.32. The number of rotatable bonds is 2. The van der Waals surface area contributed by atoms with Gasteiger partial charge < -0.3 is 14.1 Å². The average Bonchev–Trinajstić information content (AvgIpc) is 3.23. The molecule has 1 fully saturated rings. The number of aromatic nitrogens is 2. The Morgan fingerprint density at radius 1 is 1.35 bits per heavy atom. The highest BCUT2D eigenvalue weighted by Gasteiger charge is 2.30. The van der Waals surface area contributed by atoms with Crippen molar-refractivity contribution in [1.29, 1.82) is 0 Å². The number of carbonyl (C=O) groups is 1. The summed E-state index contributed by atoms with van der Waals surface area (Å²) in [4.78, 5) is 14.3. The van der Waals surface area contributed by atoms with Crippen molar-refractivity contribution in [2.24, 2.45) is 7.05 Å². The summed E-state index contributed by atoms with van der Waals surface area (Å²) in [7, 11) is 2.02. The maximum atomic E-state index is 12.4. The van der Waals surface area contributed by atoms with Crippen LogP contribution in [-0.4, -0.2) is 40.3 Å². The van der Waals surface area contributed by atoms with Crippen molar-refractivity contribution in [3.8, 4) is 0 Å². The Hall–Kier alpha value is -2.08. The molecular weight excluding hydrogens is 294 g/mol. The third-order valence-corrected chi connectivity index (χ3v) is 4.97. The third kappa shape index (κ3) is 2.57. The number of nitrogens with zero attached hydrogens (tertiary/aromatic N) is 3. The molecule has 0 N–H and O–H groups in total. The van der Waals surface area contributed by atoms with Gasteiger partial charge in [-0.2, -0.15) is 5.10 Å². The zero-order valence-electron chi connectivity index (χ0n) is 13.3. The lowest BCUT2D eigenvalue weighted by Gasteiger charge is -2.31. The van der Waals surface area contributed by atoms with Crippen LogP contribution in [0.5, 0.6) is 0 Å². The van der Waals surface area contributed by atoms with E-state index in [1.165, 1.54) is 23.2 Å². The molecule has 1 saturated heterocycles. The van der Waals surface area contributed by atoms with Crippen LogP contribution < -0.4 is 0 Å². The van der Waals surface area contributed by atoms with Crippen molar-refractivity contribution in [2.45, 2.75) is 31.8 Å². The molecule has 0 unspecified atom stereocenters. The molecule has 0 bridgehead atoms. The van der Waals surface area contributed by atoms with E-state index in [0.29, 0.717) is 18.1 Å². The normalized spacial score (nSPS) is 18.9. The van der Waals surface area contributed by atoms with Gasteiger partial charge in [-0.05, 0) is 18.9 Å². The molecule has 0 aromatic carbocycles. The second kappa shape index (κ2) is 5.85. The van der Waals surface area contributed by atoms with Crippen LogP contribution >= 0.6 is 0 Å². The molecule has 4 rings (SSSR count). The molecule has 6 nitrogen and oxygen atoms in total. The van der Waals surface area contributed by atoms with E-state index in [2.05, 4.69) is 0 Å². The minimum atomic E-state index is 0.0589. The highest BCUT2D eigenvalue weighted by atomic mass is 16.5. The first-order valence-electron chi connectivity index (χ1n) is 8.18. The molecule has 23 heavy (non-hydrogen) atoms. The first kappa shape index (κ1) is 14.5. The fraction of sp³-hybridized carbons (Fsp3) is 0.529. The van der Waals surface area contributed by atoms with Crippen LogP contribution in [0.2, 0.25) is 0 Å². The zero-order valence-corrected chi connectivity index (χ0v) is 13.3. The highest BCUT2D eigenvalue weighted by molar-refractivity contribution is 5.93. The summed E-state index contributed by atoms with van der Waals surface area (Å²) in [6.07, 6.45) is 5.90. The number of likely N-dealkylation sites (tertiary alicyclic amines) is 1. The summed E-state index contributed by atoms with van der Waals surface area (Å²) in [5.74, 6) is 0.476. The average molecular weight is 315 g/mol. The number of hydrogen-bond acceptors (Lipinski definition) is 4. The molecule has 6 heteroatoms. The Kier molecular flexibility index (Phi) is 3.69. The van der Waals surface area contributed by atoms with Gasteiger partial charge in [-0.1, -0.05) is 0 Å². The van der Waals surface area contributed by atoms with E-state index in [9.17, 15) is 4.79 Å². The third-order valence-electron chi connectivity index (χ3n) is 4.97. The predicted molar refractivity (Wildman–Crippen MR) is 83.2 cm³/mol. The quantitative estimate of drug-likeness (QED) is 0.851. The zero-order chi connectivity index (χ0) is 15.8. The van der Waals surface area contributed by atoms with Crippen LogP contribution in [0.25, 0.3) is 0 Å². The predicted octanol–water partition coefficient (Wildman–Crippen LogP) is 2.11. The Balaban J connectivity index is 1.47. The van der Waals surface area contributed by atoms with Gasteiger partial charge in [-0.3, -0.25) is 9.48 Å². The summed E-state index contributed by atoms with van der Waals surface area (Å²) >= 11 is 0. The molecule has 2 aliphatic heterocycles. The van der Waals surface area contributed by atoms with E-state index < -0.39 is 0 Å². The minimum Gasteiger partial charge on any atom is -0.472 e. The van der Waals surface area contributed by atoms with Crippen molar-refractivity contribution >= 4 is 5.91 Å². The van der Waals surface area contributed by atoms with E-state index in [-0.39, 0.29) is 5.91 Å². The molecule has 122 valence electrons. The van der Waals surface area contributed by atoms with Crippen molar-refractivity contribution in [1.82, 2.24) is 14.7 Å². The lowest BCUT2D eigenvalue weighted by molar-refractivity contribution is 0.0709. The van der Waals surface area contributed by atoms with E-state index in [1.54, 1.807) is 12.3 Å². The molecule has 0 saturated carbocycles. The van der Waals surface area contributed by atoms with E-state index in [0.717, 1.165) is 39.0 Å². The number of furan rings is 1. The number of ether oxygens (including phenoxy) is 1. The molecule has 1 amide bonds. The molecule has 0 radical (unpaired) electrons. The van der Waals surface area contributed by atoms with Gasteiger partial charge in [-0.15, -0.1) is 0 Å². The van der Waals surface area contributed by atoms with E-state index in [4.69, 9.17) is 14.3 Å². The van der Waals surface area contributed by atoms with Crippen LogP contribution in [0.1, 0.15) is 46.1 Å². The summed E-state index contributed by atoms with van der Waals surface area (Å²) in [6, 6.07) is 1.72. The lowest BCUT2D eigenvalue weighted by atomic mass is 9.90. The molecule has 0 atom stereocenters. The number of fused-ring (bicyclic) bond motifs is 1. The molecule has 0 aliphatic carbocycles. The SMILES string of the molecule is Cn1nc(C2CCN(C(=O)c3ccoc3)CC2)c2c1CCOC2. The Labute approximate surface area is 135 Å². The highest BCUT2D eigenvalue weighted by Crippen LogP contribution is 2.33. The summed E-state index contributed by atoms with van der Waals surface area (Å²) in [5.41, 5.74) is 4.39. The summed E-state index contributed by atoms with van der Waals surface area (Å²) in [5, 5.41) is 4.75. The monoisotopic (exact) mass is 315 g/mol. The number of piperidine rings is 1. The first-order chi connectivity index (χ1) is 11.2. The van der Waals surface area contributed by atoms with Gasteiger partial charge in [-0.25, -0.2) is 0 Å². The van der Waals surface area contributed by atoms with Crippen LogP contribution in [-0.2, 0) is 24.8 Å². The smallest absolute Gasteiger partial charge is 0.257 e. The van der Waals surface area contributed by atoms with Gasteiger partial charge in [0, 0.05) is 43.7 Å². The largest absolute Gasteiger partial charge is 0.472 e. The van der Waals surface area contributed by atoms with Gasteiger partial charge in [0.25, 0.3) is 5.91 Å². The van der Waals surface area contributed by atoms with E-state index in [1.807, 2.05) is 16.6 Å². The van der Waals surface area contributed by atoms with Crippen molar-refractivity contribution < 1.29 is 13.9 Å². The van der Waals surface area contributed by atoms with Crippen LogP contribution in [0.4, 0.5) is 0 Å². The van der Waals surface area contributed by atoms with Crippen LogP contribution in [0, 0.1) is 0 Å². The first-order valence-corrected chi connectivity index (χ1v) is 8.18. The second-order valence-corrected chi connectivity index (χ2v) is 6.32. The molecule has 2 aromatic heterocycles. The number of carbonyl (C=O) groups excluding carboxylic acids is 1. The summed E-state index contributed by atoms with van der Waals surface area (Å²) in [6.45, 7) is 2.98. The topological polar surface area (TPSA) is 60.5 Å². The molecule has 4 heterocycles. The number of aryl methyl sites for hydroxylation is 1. The van der Waals surface area contributed by atoms with E-state index >= 15 is 0 Å². The maximum Gasteiger partial charge on any atom is 0.257 e. The van der Waals surface area contributed by atoms with Crippen molar-refractivity contribution in [3.05, 3.63) is 41.1 Å². The van der Waals surface area contributed by atoms with Crippen molar-refractivity contribution in [2.75, 3.05) is 19.7 Å². The van der Waals surface area contributed by atoms with Gasteiger partial charge in [0.1, 0.15) is 6.26 Å². The Morgan fingerprint density at radius 2 is 2.17 bits per heavy atom. The minimum absolute atomic E-state index is 0.0589. The molecule has 2 aliphatic rings.